The second kappa shape index (κ2) is 12.0. The van der Waals surface area contributed by atoms with E-state index in [9.17, 15) is 5.26 Å². The zero-order valence-corrected chi connectivity index (χ0v) is 17.6. The Labute approximate surface area is 163 Å². The number of unbranched alkanes of at least 4 members (excludes halogenated alkanes) is 4. The van der Waals surface area contributed by atoms with Crippen molar-refractivity contribution >= 4 is 0 Å². The molecule has 2 aliphatic carbocycles. The molecule has 2 saturated carbocycles. The van der Waals surface area contributed by atoms with E-state index in [1.54, 1.807) is 0 Å². The quantitative estimate of drug-likeness (QED) is 0.359. The van der Waals surface area contributed by atoms with Crippen LogP contribution in [-0.2, 0) is 4.74 Å². The van der Waals surface area contributed by atoms with Crippen molar-refractivity contribution in [2.75, 3.05) is 6.61 Å². The predicted molar refractivity (Wildman–Crippen MR) is 110 cm³/mol. The van der Waals surface area contributed by atoms with Gasteiger partial charge in [0.25, 0.3) is 0 Å². The van der Waals surface area contributed by atoms with E-state index in [0.29, 0.717) is 12.0 Å². The summed E-state index contributed by atoms with van der Waals surface area (Å²) in [5.41, 5.74) is -0.0116. The molecule has 0 heterocycles. The van der Waals surface area contributed by atoms with Crippen molar-refractivity contribution in [2.45, 2.75) is 123 Å². The van der Waals surface area contributed by atoms with Gasteiger partial charge in [0.2, 0.25) is 0 Å². The fourth-order valence-corrected chi connectivity index (χ4v) is 5.05. The molecular formula is C24H43NO. The molecule has 0 amide bonds. The molecule has 26 heavy (non-hydrogen) atoms. The highest BCUT2D eigenvalue weighted by Crippen LogP contribution is 2.42. The molecule has 0 atom stereocenters. The van der Waals surface area contributed by atoms with E-state index in [1.165, 1.54) is 83.5 Å². The van der Waals surface area contributed by atoms with Gasteiger partial charge in [-0.25, -0.2) is 0 Å². The molecular weight excluding hydrogens is 318 g/mol. The summed E-state index contributed by atoms with van der Waals surface area (Å²) in [4.78, 5) is 0. The first-order chi connectivity index (χ1) is 12.7. The monoisotopic (exact) mass is 361 g/mol. The van der Waals surface area contributed by atoms with Gasteiger partial charge in [-0.3, -0.25) is 0 Å². The Hall–Kier alpha value is -0.550. The fraction of sp³-hybridized carbons (Fsp3) is 0.958. The highest BCUT2D eigenvalue weighted by Gasteiger charge is 2.35. The number of rotatable bonds is 11. The van der Waals surface area contributed by atoms with E-state index in [1.807, 2.05) is 0 Å². The Morgan fingerprint density at radius 2 is 1.54 bits per heavy atom. The summed E-state index contributed by atoms with van der Waals surface area (Å²) in [5.74, 6) is 1.67. The molecule has 0 radical (unpaired) electrons. The van der Waals surface area contributed by atoms with Crippen LogP contribution in [0.5, 0.6) is 0 Å². The fourth-order valence-electron chi connectivity index (χ4n) is 5.05. The van der Waals surface area contributed by atoms with Crippen LogP contribution in [0.2, 0.25) is 0 Å². The van der Waals surface area contributed by atoms with Gasteiger partial charge >= 0.3 is 0 Å². The van der Waals surface area contributed by atoms with Crippen LogP contribution in [0.3, 0.4) is 0 Å². The van der Waals surface area contributed by atoms with E-state index >= 15 is 0 Å². The van der Waals surface area contributed by atoms with Gasteiger partial charge in [-0.2, -0.15) is 5.26 Å². The van der Waals surface area contributed by atoms with Crippen molar-refractivity contribution < 1.29 is 4.74 Å². The zero-order chi connectivity index (χ0) is 18.7. The Bertz CT molecular complexity index is 397. The third kappa shape index (κ3) is 7.22. The molecule has 0 aliphatic heterocycles. The number of ether oxygens (including phenoxy) is 1. The molecule has 0 aromatic heterocycles. The molecule has 0 saturated heterocycles. The molecule has 0 spiro atoms. The second-order valence-electron chi connectivity index (χ2n) is 9.26. The number of nitrogens with zero attached hydrogens (tertiary/aromatic N) is 1. The van der Waals surface area contributed by atoms with Crippen molar-refractivity contribution in [1.29, 1.82) is 5.26 Å². The van der Waals surface area contributed by atoms with E-state index in [2.05, 4.69) is 19.9 Å². The lowest BCUT2D eigenvalue weighted by atomic mass is 9.69. The van der Waals surface area contributed by atoms with Crippen LogP contribution < -0.4 is 0 Å². The third-order valence-electron chi connectivity index (χ3n) is 7.14. The van der Waals surface area contributed by atoms with Crippen molar-refractivity contribution in [3.63, 3.8) is 0 Å². The third-order valence-corrected chi connectivity index (χ3v) is 7.14. The smallest absolute Gasteiger partial charge is 0.0689 e. The standard InChI is InChI=1S/C24H43NO/c1-3-5-7-8-9-21-10-12-23(13-11-21)26-19-22-14-17-24(20-25,18-15-22)16-6-4-2/h21-23H,3-19H2,1-2H3. The SMILES string of the molecule is CCCCCCC1CCC(OCC2CCC(C#N)(CCCC)CC2)CC1. The van der Waals surface area contributed by atoms with Crippen LogP contribution in [0.4, 0.5) is 0 Å². The van der Waals surface area contributed by atoms with Gasteiger partial charge < -0.3 is 4.74 Å². The summed E-state index contributed by atoms with van der Waals surface area (Å²) in [6, 6.07) is 2.67. The van der Waals surface area contributed by atoms with Gasteiger partial charge in [0, 0.05) is 6.61 Å². The first-order valence-corrected chi connectivity index (χ1v) is 11.7. The first kappa shape index (κ1) is 21.7. The molecule has 2 heteroatoms. The maximum absolute atomic E-state index is 9.62. The maximum Gasteiger partial charge on any atom is 0.0689 e. The second-order valence-corrected chi connectivity index (χ2v) is 9.26. The number of hydrogen-bond acceptors (Lipinski definition) is 2. The molecule has 2 rings (SSSR count). The number of nitriles is 1. The average molecular weight is 362 g/mol. The Balaban J connectivity index is 1.57. The minimum Gasteiger partial charge on any atom is -0.378 e. The van der Waals surface area contributed by atoms with Gasteiger partial charge in [0.05, 0.1) is 17.6 Å². The van der Waals surface area contributed by atoms with Crippen molar-refractivity contribution in [2.24, 2.45) is 17.3 Å². The molecule has 0 aromatic carbocycles. The maximum atomic E-state index is 9.62. The summed E-state index contributed by atoms with van der Waals surface area (Å²) in [6.07, 6.45) is 21.0. The van der Waals surface area contributed by atoms with E-state index in [-0.39, 0.29) is 5.41 Å². The summed E-state index contributed by atoms with van der Waals surface area (Å²) >= 11 is 0. The van der Waals surface area contributed by atoms with Gasteiger partial charge in [-0.1, -0.05) is 58.8 Å². The van der Waals surface area contributed by atoms with Crippen LogP contribution in [0.15, 0.2) is 0 Å². The Kier molecular flexibility index (Phi) is 10.1. The summed E-state index contributed by atoms with van der Waals surface area (Å²) in [5, 5.41) is 9.62. The van der Waals surface area contributed by atoms with Crippen LogP contribution in [0.25, 0.3) is 0 Å². The Morgan fingerprint density at radius 3 is 2.15 bits per heavy atom. The summed E-state index contributed by atoms with van der Waals surface area (Å²) < 4.78 is 6.31. The van der Waals surface area contributed by atoms with Crippen molar-refractivity contribution in [1.82, 2.24) is 0 Å². The molecule has 0 unspecified atom stereocenters. The molecule has 0 bridgehead atoms. The van der Waals surface area contributed by atoms with Crippen LogP contribution >= 0.6 is 0 Å². The molecule has 0 aromatic rings. The highest BCUT2D eigenvalue weighted by atomic mass is 16.5. The topological polar surface area (TPSA) is 33.0 Å². The largest absolute Gasteiger partial charge is 0.378 e. The zero-order valence-electron chi connectivity index (χ0n) is 17.6. The van der Waals surface area contributed by atoms with Crippen molar-refractivity contribution in [3.05, 3.63) is 0 Å². The molecule has 150 valence electrons. The molecule has 2 fully saturated rings. The predicted octanol–water partition coefficient (Wildman–Crippen LogP) is 7.42. The van der Waals surface area contributed by atoms with Crippen LogP contribution in [0, 0.1) is 28.6 Å². The normalized spacial score (nSPS) is 32.3. The van der Waals surface area contributed by atoms with E-state index in [0.717, 1.165) is 31.8 Å². The lowest BCUT2D eigenvalue weighted by Gasteiger charge is -2.36. The van der Waals surface area contributed by atoms with Crippen LogP contribution in [0.1, 0.15) is 117 Å². The minimum absolute atomic E-state index is 0.0116. The lowest BCUT2D eigenvalue weighted by Crippen LogP contribution is -2.30. The average Bonchev–Trinajstić information content (AvgIpc) is 2.70. The lowest BCUT2D eigenvalue weighted by molar-refractivity contribution is -0.0134. The van der Waals surface area contributed by atoms with Gasteiger partial charge in [-0.15, -0.1) is 0 Å². The Morgan fingerprint density at radius 1 is 0.846 bits per heavy atom. The molecule has 0 N–H and O–H groups in total. The van der Waals surface area contributed by atoms with Gasteiger partial charge in [0.1, 0.15) is 0 Å². The van der Waals surface area contributed by atoms with E-state index in [4.69, 9.17) is 4.74 Å². The first-order valence-electron chi connectivity index (χ1n) is 11.7. The highest BCUT2D eigenvalue weighted by molar-refractivity contribution is 5.01. The molecule has 2 nitrogen and oxygen atoms in total. The molecule has 2 aliphatic rings. The van der Waals surface area contributed by atoms with Crippen LogP contribution in [-0.4, -0.2) is 12.7 Å². The van der Waals surface area contributed by atoms with Crippen molar-refractivity contribution in [3.8, 4) is 6.07 Å². The van der Waals surface area contributed by atoms with Gasteiger partial charge in [-0.05, 0) is 69.6 Å². The van der Waals surface area contributed by atoms with E-state index < -0.39 is 0 Å². The number of hydrogen-bond donors (Lipinski definition) is 0. The van der Waals surface area contributed by atoms with Gasteiger partial charge in [0.15, 0.2) is 0 Å². The summed E-state index contributed by atoms with van der Waals surface area (Å²) in [7, 11) is 0. The summed E-state index contributed by atoms with van der Waals surface area (Å²) in [6.45, 7) is 5.46. The minimum atomic E-state index is -0.0116.